The zero-order chi connectivity index (χ0) is 15.1. The molecular weight excluding hydrogens is 275 g/mol. The quantitative estimate of drug-likeness (QED) is 0.522. The second-order valence-corrected chi connectivity index (χ2v) is 4.62. The zero-order valence-corrected chi connectivity index (χ0v) is 10.6. The summed E-state index contributed by atoms with van der Waals surface area (Å²) in [6.45, 7) is 1.58. The predicted octanol–water partition coefficient (Wildman–Crippen LogP) is -1.78. The molecule has 20 heavy (non-hydrogen) atoms. The summed E-state index contributed by atoms with van der Waals surface area (Å²) in [5.74, 6) is -3.27. The number of hydrogen-bond acceptors (Lipinski definition) is 6. The first-order valence-corrected chi connectivity index (χ1v) is 6.03. The molecule has 1 aliphatic rings. The van der Waals surface area contributed by atoms with Gasteiger partial charge in [-0.2, -0.15) is 0 Å². The lowest BCUT2D eigenvalue weighted by molar-refractivity contribution is -0.197. The Kier molecular flexibility index (Phi) is 3.78. The van der Waals surface area contributed by atoms with E-state index >= 15 is 0 Å². The van der Waals surface area contributed by atoms with Gasteiger partial charge in [-0.1, -0.05) is 6.92 Å². The zero-order valence-electron chi connectivity index (χ0n) is 10.6. The van der Waals surface area contributed by atoms with Gasteiger partial charge < -0.3 is 20.1 Å². The summed E-state index contributed by atoms with van der Waals surface area (Å²) in [5, 5.41) is 29.0. The average Bonchev–Trinajstić information content (AvgIpc) is 2.61. The van der Waals surface area contributed by atoms with E-state index in [4.69, 9.17) is 4.74 Å². The molecule has 0 radical (unpaired) electrons. The number of H-pyrrole nitrogens is 1. The average molecular weight is 290 g/mol. The molecule has 0 saturated carbocycles. The predicted molar refractivity (Wildman–Crippen MR) is 63.6 cm³/mol. The van der Waals surface area contributed by atoms with Gasteiger partial charge >= 0.3 is 5.69 Å². The van der Waals surface area contributed by atoms with Crippen molar-refractivity contribution in [2.45, 2.75) is 43.7 Å². The van der Waals surface area contributed by atoms with Crippen LogP contribution in [0.3, 0.4) is 0 Å². The van der Waals surface area contributed by atoms with Crippen LogP contribution >= 0.6 is 0 Å². The van der Waals surface area contributed by atoms with Crippen molar-refractivity contribution in [1.82, 2.24) is 9.55 Å². The molecule has 1 fully saturated rings. The third kappa shape index (κ3) is 2.29. The Labute approximate surface area is 112 Å². The van der Waals surface area contributed by atoms with Gasteiger partial charge in [0.05, 0.1) is 6.10 Å². The third-order valence-corrected chi connectivity index (χ3v) is 3.26. The van der Waals surface area contributed by atoms with Crippen molar-refractivity contribution in [3.63, 3.8) is 0 Å². The van der Waals surface area contributed by atoms with Gasteiger partial charge in [0.2, 0.25) is 0 Å². The molecule has 9 heteroatoms. The first kappa shape index (κ1) is 14.9. The van der Waals surface area contributed by atoms with Gasteiger partial charge in [-0.05, 0) is 6.42 Å². The van der Waals surface area contributed by atoms with E-state index in [9.17, 15) is 29.3 Å². The molecule has 2 rings (SSSR count). The first-order chi connectivity index (χ1) is 9.28. The summed E-state index contributed by atoms with van der Waals surface area (Å²) in [7, 11) is 0. The number of aromatic nitrogens is 2. The highest BCUT2D eigenvalue weighted by Crippen LogP contribution is 2.40. The Morgan fingerprint density at radius 3 is 2.80 bits per heavy atom. The van der Waals surface area contributed by atoms with E-state index in [0.717, 1.165) is 12.3 Å². The Morgan fingerprint density at radius 1 is 1.60 bits per heavy atom. The van der Waals surface area contributed by atoms with Gasteiger partial charge in [0, 0.05) is 12.3 Å². The lowest BCUT2D eigenvalue weighted by atomic mass is 10.0. The fourth-order valence-electron chi connectivity index (χ4n) is 2.10. The van der Waals surface area contributed by atoms with Gasteiger partial charge in [-0.3, -0.25) is 14.3 Å². The Hall–Kier alpha value is -1.55. The highest BCUT2D eigenvalue weighted by atomic mass is 19.2. The van der Waals surface area contributed by atoms with Gasteiger partial charge in [-0.25, -0.2) is 9.18 Å². The summed E-state index contributed by atoms with van der Waals surface area (Å²) >= 11 is 0. The molecule has 4 N–H and O–H groups in total. The van der Waals surface area contributed by atoms with E-state index in [2.05, 4.69) is 0 Å². The third-order valence-electron chi connectivity index (χ3n) is 3.26. The van der Waals surface area contributed by atoms with Crippen LogP contribution < -0.4 is 11.2 Å². The van der Waals surface area contributed by atoms with E-state index in [-0.39, 0.29) is 6.42 Å². The number of aliphatic hydroxyl groups excluding tert-OH is 2. The molecule has 5 atom stereocenters. The van der Waals surface area contributed by atoms with Crippen LogP contribution in [0.5, 0.6) is 0 Å². The summed E-state index contributed by atoms with van der Waals surface area (Å²) in [4.78, 5) is 24.4. The standard InChI is InChI=1S/C11H15FN2O6/c1-2-5(15)7-8(17)11(12,19)9(20-7)14-4-3-6(16)13-10(14)18/h3-5,7-9,15,17,19H,2H2,1H3,(H,13,16,18)/t5?,7-,8-,9?,11+/m1/s1. The molecule has 0 spiro atoms. The van der Waals surface area contributed by atoms with Crippen molar-refractivity contribution in [3.8, 4) is 0 Å². The number of alkyl halides is 1. The molecule has 2 unspecified atom stereocenters. The van der Waals surface area contributed by atoms with E-state index in [1.54, 1.807) is 6.92 Å². The van der Waals surface area contributed by atoms with E-state index in [1.165, 1.54) is 0 Å². The number of aromatic amines is 1. The number of rotatable bonds is 3. The summed E-state index contributed by atoms with van der Waals surface area (Å²) in [6.07, 6.45) is -5.40. The van der Waals surface area contributed by atoms with Gasteiger partial charge in [0.1, 0.15) is 12.2 Å². The van der Waals surface area contributed by atoms with E-state index < -0.39 is 41.6 Å². The van der Waals surface area contributed by atoms with Gasteiger partial charge in [0.25, 0.3) is 11.4 Å². The smallest absolute Gasteiger partial charge is 0.330 e. The number of ether oxygens (including phenoxy) is 1. The van der Waals surface area contributed by atoms with Gasteiger partial charge in [-0.15, -0.1) is 0 Å². The van der Waals surface area contributed by atoms with E-state index in [0.29, 0.717) is 4.57 Å². The second kappa shape index (κ2) is 5.09. The van der Waals surface area contributed by atoms with Crippen LogP contribution in [0.15, 0.2) is 21.9 Å². The molecule has 0 bridgehead atoms. The van der Waals surface area contributed by atoms with Gasteiger partial charge in [0.15, 0.2) is 6.23 Å². The SMILES string of the molecule is CCC(O)[C@H]1OC(n2ccc(=O)[nH]c2=O)[C@](O)(F)[C@@H]1O. The van der Waals surface area contributed by atoms with Crippen molar-refractivity contribution in [1.29, 1.82) is 0 Å². The van der Waals surface area contributed by atoms with Crippen molar-refractivity contribution in [3.05, 3.63) is 33.1 Å². The molecule has 1 aliphatic heterocycles. The maximum atomic E-state index is 14.2. The highest BCUT2D eigenvalue weighted by molar-refractivity contribution is 4.99. The van der Waals surface area contributed by atoms with Crippen molar-refractivity contribution >= 4 is 0 Å². The lowest BCUT2D eigenvalue weighted by Crippen LogP contribution is -2.46. The largest absolute Gasteiger partial charge is 0.390 e. The topological polar surface area (TPSA) is 125 Å². The molecule has 2 heterocycles. The van der Waals surface area contributed by atoms with E-state index in [1.807, 2.05) is 4.98 Å². The molecule has 1 aromatic heterocycles. The normalized spacial score (nSPS) is 35.1. The fourth-order valence-corrected chi connectivity index (χ4v) is 2.10. The summed E-state index contributed by atoms with van der Waals surface area (Å²) in [5.41, 5.74) is -1.70. The van der Waals surface area contributed by atoms with Crippen LogP contribution in [0.1, 0.15) is 19.6 Å². The van der Waals surface area contributed by atoms with Crippen LogP contribution in [0.25, 0.3) is 0 Å². The van der Waals surface area contributed by atoms with Crippen LogP contribution in [0.4, 0.5) is 4.39 Å². The van der Waals surface area contributed by atoms with Crippen LogP contribution in [0.2, 0.25) is 0 Å². The van der Waals surface area contributed by atoms with Crippen molar-refractivity contribution < 1.29 is 24.4 Å². The number of aliphatic hydroxyl groups is 3. The number of halogens is 1. The Bertz CT molecular complexity index is 597. The molecule has 112 valence electrons. The monoisotopic (exact) mass is 290 g/mol. The molecule has 8 nitrogen and oxygen atoms in total. The molecule has 0 amide bonds. The number of hydrogen-bond donors (Lipinski definition) is 4. The van der Waals surface area contributed by atoms with Crippen molar-refractivity contribution in [2.75, 3.05) is 0 Å². The maximum absolute atomic E-state index is 14.2. The molecular formula is C11H15FN2O6. The Morgan fingerprint density at radius 2 is 2.25 bits per heavy atom. The fraction of sp³-hybridized carbons (Fsp3) is 0.636. The maximum Gasteiger partial charge on any atom is 0.330 e. The lowest BCUT2D eigenvalue weighted by Gasteiger charge is -2.23. The molecule has 1 saturated heterocycles. The second-order valence-electron chi connectivity index (χ2n) is 4.62. The Balaban J connectivity index is 2.42. The molecule has 0 aromatic carbocycles. The van der Waals surface area contributed by atoms with Crippen LogP contribution in [-0.4, -0.2) is 49.0 Å². The number of nitrogens with zero attached hydrogens (tertiary/aromatic N) is 1. The minimum Gasteiger partial charge on any atom is -0.390 e. The van der Waals surface area contributed by atoms with Crippen LogP contribution in [-0.2, 0) is 4.74 Å². The highest BCUT2D eigenvalue weighted by Gasteiger charge is 2.59. The summed E-state index contributed by atoms with van der Waals surface area (Å²) in [6, 6.07) is 0.941. The first-order valence-electron chi connectivity index (χ1n) is 6.03. The molecule has 0 aliphatic carbocycles. The summed E-state index contributed by atoms with van der Waals surface area (Å²) < 4.78 is 19.9. The minimum absolute atomic E-state index is 0.158. The van der Waals surface area contributed by atoms with Crippen LogP contribution in [0, 0.1) is 0 Å². The minimum atomic E-state index is -3.27. The van der Waals surface area contributed by atoms with Crippen molar-refractivity contribution in [2.24, 2.45) is 0 Å². The number of nitrogens with one attached hydrogen (secondary N) is 1. The molecule has 1 aromatic rings.